The fourth-order valence-electron chi connectivity index (χ4n) is 6.25. The maximum atomic E-state index is 12.6. The summed E-state index contributed by atoms with van der Waals surface area (Å²) >= 11 is 0. The number of carbonyl (C=O) groups excluding carboxylic acids is 1. The van der Waals surface area contributed by atoms with Gasteiger partial charge in [-0.25, -0.2) is 0 Å². The summed E-state index contributed by atoms with van der Waals surface area (Å²) in [6.07, 6.45) is 10.5. The Bertz CT molecular complexity index is 585. The van der Waals surface area contributed by atoms with Crippen molar-refractivity contribution >= 4 is 5.78 Å². The molecule has 0 radical (unpaired) electrons. The van der Waals surface area contributed by atoms with Crippen molar-refractivity contribution in [3.8, 4) is 0 Å². The number of carbonyl (C=O) groups is 1. The van der Waals surface area contributed by atoms with Gasteiger partial charge in [0, 0.05) is 30.4 Å². The van der Waals surface area contributed by atoms with Gasteiger partial charge in [-0.05, 0) is 38.4 Å². The SMILES string of the molecule is COC1C=CC2C[C@@H]3[C@@H]4C=CC(=O)[C@@H]5OC1C2[C@@]54CCN3C. The monoisotopic (exact) mass is 301 g/mol. The third-order valence-electron chi connectivity index (χ3n) is 7.10. The van der Waals surface area contributed by atoms with E-state index in [-0.39, 0.29) is 29.5 Å². The lowest BCUT2D eigenvalue weighted by molar-refractivity contribution is -0.141. The van der Waals surface area contributed by atoms with Gasteiger partial charge in [0.2, 0.25) is 0 Å². The molecule has 0 amide bonds. The summed E-state index contributed by atoms with van der Waals surface area (Å²) in [5.74, 6) is 1.56. The summed E-state index contributed by atoms with van der Waals surface area (Å²) in [6.45, 7) is 1.07. The van der Waals surface area contributed by atoms with Gasteiger partial charge >= 0.3 is 0 Å². The molecule has 0 N–H and O–H groups in total. The highest BCUT2D eigenvalue weighted by Crippen LogP contribution is 2.65. The van der Waals surface area contributed by atoms with E-state index < -0.39 is 0 Å². The summed E-state index contributed by atoms with van der Waals surface area (Å²) in [7, 11) is 3.98. The molecule has 2 heterocycles. The Hall–Kier alpha value is -0.970. The average molecular weight is 301 g/mol. The first-order chi connectivity index (χ1) is 10.7. The van der Waals surface area contributed by atoms with Crippen molar-refractivity contribution < 1.29 is 14.3 Å². The molecule has 2 saturated heterocycles. The van der Waals surface area contributed by atoms with E-state index >= 15 is 0 Å². The third kappa shape index (κ3) is 1.38. The minimum atomic E-state index is -0.256. The van der Waals surface area contributed by atoms with E-state index in [0.29, 0.717) is 23.8 Å². The van der Waals surface area contributed by atoms with Crippen LogP contribution < -0.4 is 0 Å². The van der Waals surface area contributed by atoms with Crippen molar-refractivity contribution in [1.82, 2.24) is 4.90 Å². The number of piperidine rings is 1. The summed E-state index contributed by atoms with van der Waals surface area (Å²) in [4.78, 5) is 15.1. The molecule has 0 aromatic carbocycles. The Kier molecular flexibility index (Phi) is 2.64. The zero-order chi connectivity index (χ0) is 15.1. The molecule has 8 atom stereocenters. The molecule has 3 fully saturated rings. The molecule has 5 rings (SSSR count). The van der Waals surface area contributed by atoms with Gasteiger partial charge in [0.25, 0.3) is 0 Å². The Morgan fingerprint density at radius 2 is 2.23 bits per heavy atom. The summed E-state index contributed by atoms with van der Waals surface area (Å²) in [5.41, 5.74) is -0.00185. The van der Waals surface area contributed by atoms with Crippen LogP contribution in [0.4, 0.5) is 0 Å². The predicted octanol–water partition coefficient (Wildman–Crippen LogP) is 1.42. The highest BCUT2D eigenvalue weighted by atomic mass is 16.6. The van der Waals surface area contributed by atoms with Gasteiger partial charge in [0.1, 0.15) is 12.2 Å². The van der Waals surface area contributed by atoms with Gasteiger partial charge < -0.3 is 14.4 Å². The maximum absolute atomic E-state index is 12.6. The van der Waals surface area contributed by atoms with Crippen LogP contribution in [0.2, 0.25) is 0 Å². The fraction of sp³-hybridized carbons (Fsp3) is 0.722. The number of rotatable bonds is 1. The van der Waals surface area contributed by atoms with E-state index in [0.717, 1.165) is 13.0 Å². The van der Waals surface area contributed by atoms with Crippen LogP contribution in [0.1, 0.15) is 12.8 Å². The number of ketones is 1. The zero-order valence-electron chi connectivity index (χ0n) is 13.1. The summed E-state index contributed by atoms with van der Waals surface area (Å²) in [6, 6.07) is 0.535. The van der Waals surface area contributed by atoms with Gasteiger partial charge in [-0.2, -0.15) is 0 Å². The second-order valence-corrected chi connectivity index (χ2v) is 7.69. The molecule has 4 heteroatoms. The lowest BCUT2D eigenvalue weighted by Crippen LogP contribution is -2.65. The summed E-state index contributed by atoms with van der Waals surface area (Å²) in [5, 5.41) is 0. The van der Waals surface area contributed by atoms with Crippen LogP contribution in [0.15, 0.2) is 24.3 Å². The predicted molar refractivity (Wildman–Crippen MR) is 81.3 cm³/mol. The third-order valence-corrected chi connectivity index (χ3v) is 7.10. The molecule has 1 saturated carbocycles. The fourth-order valence-corrected chi connectivity index (χ4v) is 6.25. The number of hydrogen-bond donors (Lipinski definition) is 0. The molecular weight excluding hydrogens is 278 g/mol. The maximum Gasteiger partial charge on any atom is 0.184 e. The number of ether oxygens (including phenoxy) is 2. The van der Waals surface area contributed by atoms with Gasteiger partial charge in [-0.3, -0.25) is 4.79 Å². The molecule has 0 aromatic rings. The smallest absolute Gasteiger partial charge is 0.184 e. The van der Waals surface area contributed by atoms with Gasteiger partial charge in [-0.1, -0.05) is 18.2 Å². The van der Waals surface area contributed by atoms with Crippen molar-refractivity contribution in [3.63, 3.8) is 0 Å². The van der Waals surface area contributed by atoms with Crippen molar-refractivity contribution in [2.45, 2.75) is 37.2 Å². The van der Waals surface area contributed by atoms with E-state index in [1.165, 1.54) is 6.42 Å². The Morgan fingerprint density at radius 1 is 1.36 bits per heavy atom. The van der Waals surface area contributed by atoms with Gasteiger partial charge in [-0.15, -0.1) is 0 Å². The normalized spacial score (nSPS) is 55.4. The van der Waals surface area contributed by atoms with Crippen LogP contribution in [-0.2, 0) is 14.3 Å². The van der Waals surface area contributed by atoms with Gasteiger partial charge in [0.05, 0.1) is 6.10 Å². The largest absolute Gasteiger partial charge is 0.375 e. The first kappa shape index (κ1) is 13.5. The van der Waals surface area contributed by atoms with E-state index in [1.54, 1.807) is 13.2 Å². The molecule has 2 aliphatic heterocycles. The van der Waals surface area contributed by atoms with Crippen LogP contribution in [0.5, 0.6) is 0 Å². The number of methoxy groups -OCH3 is 1. The number of likely N-dealkylation sites (tertiary alicyclic amines) is 1. The molecule has 22 heavy (non-hydrogen) atoms. The molecule has 2 bridgehead atoms. The first-order valence-corrected chi connectivity index (χ1v) is 8.45. The second-order valence-electron chi connectivity index (χ2n) is 7.69. The lowest BCUT2D eigenvalue weighted by atomic mass is 9.47. The first-order valence-electron chi connectivity index (χ1n) is 8.45. The topological polar surface area (TPSA) is 38.8 Å². The number of hydrogen-bond acceptors (Lipinski definition) is 4. The minimum Gasteiger partial charge on any atom is -0.375 e. The van der Waals surface area contributed by atoms with Crippen LogP contribution >= 0.6 is 0 Å². The molecule has 4 nitrogen and oxygen atoms in total. The van der Waals surface area contributed by atoms with Crippen molar-refractivity contribution in [3.05, 3.63) is 24.3 Å². The molecule has 5 aliphatic rings. The standard InChI is InChI=1S/C18H23NO3/c1-19-8-7-18-11-4-5-13(20)17(18)22-16-14(21-2)6-3-10(15(16)18)9-12(11)19/h3-6,10-12,14-17H,7-9H2,1-2H3/t10?,11-,12+,14?,15?,16?,17-,18-/m0/s1. The average Bonchev–Trinajstić information content (AvgIpc) is 2.88. The van der Waals surface area contributed by atoms with Crippen LogP contribution in [0, 0.1) is 23.2 Å². The van der Waals surface area contributed by atoms with Crippen molar-refractivity contribution in [2.24, 2.45) is 23.2 Å². The quantitative estimate of drug-likeness (QED) is 0.687. The van der Waals surface area contributed by atoms with Crippen LogP contribution in [-0.4, -0.2) is 55.7 Å². The van der Waals surface area contributed by atoms with Crippen LogP contribution in [0.3, 0.4) is 0 Å². The molecule has 0 aromatic heterocycles. The number of allylic oxidation sites excluding steroid dienone is 1. The Morgan fingerprint density at radius 3 is 3.05 bits per heavy atom. The zero-order valence-corrected chi connectivity index (χ0v) is 13.1. The molecule has 1 spiro atoms. The number of nitrogens with zero attached hydrogens (tertiary/aromatic N) is 1. The highest BCUT2D eigenvalue weighted by Gasteiger charge is 2.70. The second kappa shape index (κ2) is 4.31. The minimum absolute atomic E-state index is 0.00185. The summed E-state index contributed by atoms with van der Waals surface area (Å²) < 4.78 is 12.0. The lowest BCUT2D eigenvalue weighted by Gasteiger charge is -2.60. The Labute approximate surface area is 131 Å². The van der Waals surface area contributed by atoms with Crippen LogP contribution in [0.25, 0.3) is 0 Å². The van der Waals surface area contributed by atoms with E-state index in [2.05, 4.69) is 30.2 Å². The Balaban J connectivity index is 1.70. The van der Waals surface area contributed by atoms with E-state index in [9.17, 15) is 4.79 Å². The molecule has 118 valence electrons. The van der Waals surface area contributed by atoms with Crippen molar-refractivity contribution in [1.29, 1.82) is 0 Å². The van der Waals surface area contributed by atoms with Crippen molar-refractivity contribution in [2.75, 3.05) is 20.7 Å². The van der Waals surface area contributed by atoms with E-state index in [1.807, 2.05) is 0 Å². The molecule has 4 unspecified atom stereocenters. The van der Waals surface area contributed by atoms with Gasteiger partial charge in [0.15, 0.2) is 5.78 Å². The molecule has 3 aliphatic carbocycles. The molecular formula is C18H23NO3. The van der Waals surface area contributed by atoms with E-state index in [4.69, 9.17) is 9.47 Å². The highest BCUT2D eigenvalue weighted by molar-refractivity contribution is 5.96.